The summed E-state index contributed by atoms with van der Waals surface area (Å²) in [4.78, 5) is 39.9. The van der Waals surface area contributed by atoms with E-state index in [1.54, 1.807) is 36.2 Å². The molecule has 0 atom stereocenters. The largest absolute Gasteiger partial charge is 0.451 e. The predicted molar refractivity (Wildman–Crippen MR) is 120 cm³/mol. The first-order valence-electron chi connectivity index (χ1n) is 11.3. The summed E-state index contributed by atoms with van der Waals surface area (Å²) in [6.45, 7) is 4.44. The summed E-state index contributed by atoms with van der Waals surface area (Å²) in [6.07, 6.45) is 6.97. The number of benzene rings is 1. The van der Waals surface area contributed by atoms with E-state index in [1.807, 2.05) is 0 Å². The molecule has 1 fully saturated rings. The maximum absolute atomic E-state index is 12.8. The summed E-state index contributed by atoms with van der Waals surface area (Å²) in [7, 11) is 1.78. The summed E-state index contributed by atoms with van der Waals surface area (Å²) in [5, 5.41) is 5.18. The summed E-state index contributed by atoms with van der Waals surface area (Å²) in [5.41, 5.74) is -0.140. The maximum atomic E-state index is 12.8. The molecule has 1 heterocycles. The topological polar surface area (TPSA) is 81.5 Å². The van der Waals surface area contributed by atoms with Crippen molar-refractivity contribution in [1.82, 2.24) is 14.7 Å². The van der Waals surface area contributed by atoms with Crippen LogP contribution in [0.5, 0.6) is 0 Å². The summed E-state index contributed by atoms with van der Waals surface area (Å²) in [5.74, 6) is -0.196. The number of carbonyl (C=O) groups excluding carboxylic acids is 2. The molecule has 0 N–H and O–H groups in total. The van der Waals surface area contributed by atoms with Gasteiger partial charge in [0.05, 0.1) is 5.39 Å². The average molecular weight is 428 g/mol. The Morgan fingerprint density at radius 1 is 1.13 bits per heavy atom. The summed E-state index contributed by atoms with van der Waals surface area (Å²) < 4.78 is 6.68. The van der Waals surface area contributed by atoms with Crippen LogP contribution in [0.15, 0.2) is 29.1 Å². The molecule has 31 heavy (non-hydrogen) atoms. The van der Waals surface area contributed by atoms with Crippen LogP contribution in [-0.4, -0.2) is 46.3 Å². The van der Waals surface area contributed by atoms with Crippen LogP contribution in [0.2, 0.25) is 0 Å². The van der Waals surface area contributed by atoms with Crippen LogP contribution in [0.3, 0.4) is 0 Å². The fourth-order valence-electron chi connectivity index (χ4n) is 4.18. The van der Waals surface area contributed by atoms with Crippen LogP contribution in [0.1, 0.15) is 69.3 Å². The number of carbonyl (C=O) groups is 2. The van der Waals surface area contributed by atoms with Gasteiger partial charge in [0.15, 0.2) is 12.3 Å². The molecule has 7 nitrogen and oxygen atoms in total. The van der Waals surface area contributed by atoms with E-state index in [2.05, 4.69) is 18.9 Å². The van der Waals surface area contributed by atoms with Gasteiger partial charge in [0.25, 0.3) is 11.5 Å². The minimum Gasteiger partial charge on any atom is -0.451 e. The molecule has 1 aromatic carbocycles. The number of likely N-dealkylation sites (N-methyl/N-ethyl adjacent to an activating group) is 1. The Labute approximate surface area is 183 Å². The van der Waals surface area contributed by atoms with Gasteiger partial charge in [0.2, 0.25) is 0 Å². The van der Waals surface area contributed by atoms with E-state index < -0.39 is 5.97 Å². The number of aryl methyl sites for hydroxylation is 1. The second-order valence-corrected chi connectivity index (χ2v) is 8.62. The smallest absolute Gasteiger partial charge is 0.359 e. The third-order valence-electron chi connectivity index (χ3n) is 6.29. The predicted octanol–water partition coefficient (Wildman–Crippen LogP) is 3.78. The van der Waals surface area contributed by atoms with Crippen molar-refractivity contribution >= 4 is 22.6 Å². The third-order valence-corrected chi connectivity index (χ3v) is 6.29. The zero-order chi connectivity index (χ0) is 22.4. The lowest BCUT2D eigenvalue weighted by atomic mass is 9.87. The van der Waals surface area contributed by atoms with E-state index in [4.69, 9.17) is 4.74 Å². The Bertz CT molecular complexity index is 976. The molecule has 7 heteroatoms. The Kier molecular flexibility index (Phi) is 7.82. The standard InChI is InChI=1S/C24H33N3O4/c1-4-5-8-15-27-23(29)20-10-7-6-9-19(20)22(25-27)24(30)31-16-21(28)26(3)18-13-11-17(2)12-14-18/h6-7,9-10,17-18H,4-5,8,11-16H2,1-3H3. The number of nitrogens with zero attached hydrogens (tertiary/aromatic N) is 3. The van der Waals surface area contributed by atoms with E-state index in [9.17, 15) is 14.4 Å². The molecule has 1 saturated carbocycles. The molecule has 0 spiro atoms. The maximum Gasteiger partial charge on any atom is 0.359 e. The quantitative estimate of drug-likeness (QED) is 0.473. The van der Waals surface area contributed by atoms with Gasteiger partial charge in [-0.05, 0) is 44.1 Å². The van der Waals surface area contributed by atoms with Crippen molar-refractivity contribution in [3.8, 4) is 0 Å². The first-order valence-corrected chi connectivity index (χ1v) is 11.3. The summed E-state index contributed by atoms with van der Waals surface area (Å²) >= 11 is 0. The minimum absolute atomic E-state index is 0.0774. The Balaban J connectivity index is 1.73. The van der Waals surface area contributed by atoms with Crippen molar-refractivity contribution in [2.24, 2.45) is 5.92 Å². The molecule has 0 unspecified atom stereocenters. The average Bonchev–Trinajstić information content (AvgIpc) is 2.79. The molecule has 168 valence electrons. The SMILES string of the molecule is CCCCCn1nc(C(=O)OCC(=O)N(C)C2CCC(C)CC2)c2ccccc2c1=O. The molecule has 0 saturated heterocycles. The van der Waals surface area contributed by atoms with Crippen molar-refractivity contribution in [3.63, 3.8) is 0 Å². The van der Waals surface area contributed by atoms with Gasteiger partial charge in [0, 0.05) is 25.0 Å². The summed E-state index contributed by atoms with van der Waals surface area (Å²) in [6, 6.07) is 7.09. The number of hydrogen-bond acceptors (Lipinski definition) is 5. The fraction of sp³-hybridized carbons (Fsp3) is 0.583. The lowest BCUT2D eigenvalue weighted by Crippen LogP contribution is -2.41. The van der Waals surface area contributed by atoms with Crippen molar-refractivity contribution < 1.29 is 14.3 Å². The zero-order valence-corrected chi connectivity index (χ0v) is 18.8. The fourth-order valence-corrected chi connectivity index (χ4v) is 4.18. The van der Waals surface area contributed by atoms with Gasteiger partial charge in [0.1, 0.15) is 0 Å². The van der Waals surface area contributed by atoms with Crippen LogP contribution >= 0.6 is 0 Å². The van der Waals surface area contributed by atoms with Crippen molar-refractivity contribution in [3.05, 3.63) is 40.3 Å². The monoisotopic (exact) mass is 427 g/mol. The van der Waals surface area contributed by atoms with Crippen molar-refractivity contribution in [1.29, 1.82) is 0 Å². The number of ether oxygens (including phenoxy) is 1. The molecule has 1 aliphatic carbocycles. The van der Waals surface area contributed by atoms with Crippen LogP contribution in [0.25, 0.3) is 10.8 Å². The number of aromatic nitrogens is 2. The highest BCUT2D eigenvalue weighted by Crippen LogP contribution is 2.26. The lowest BCUT2D eigenvalue weighted by Gasteiger charge is -2.33. The molecule has 0 aliphatic heterocycles. The Hall–Kier alpha value is -2.70. The van der Waals surface area contributed by atoms with Gasteiger partial charge < -0.3 is 9.64 Å². The highest BCUT2D eigenvalue weighted by atomic mass is 16.5. The molecule has 0 bridgehead atoms. The van der Waals surface area contributed by atoms with Crippen molar-refractivity contribution in [2.75, 3.05) is 13.7 Å². The molecular formula is C24H33N3O4. The Morgan fingerprint density at radius 3 is 2.48 bits per heavy atom. The minimum atomic E-state index is -0.681. The van der Waals surface area contributed by atoms with Gasteiger partial charge >= 0.3 is 5.97 Å². The molecule has 3 rings (SSSR count). The number of rotatable bonds is 8. The van der Waals surface area contributed by atoms with Gasteiger partial charge in [-0.25, -0.2) is 9.48 Å². The van der Waals surface area contributed by atoms with E-state index in [0.29, 0.717) is 23.2 Å². The number of unbranched alkanes of at least 4 members (excludes halogenated alkanes) is 2. The molecule has 0 radical (unpaired) electrons. The molecule has 2 aromatic rings. The second-order valence-electron chi connectivity index (χ2n) is 8.62. The van der Waals surface area contributed by atoms with Crippen LogP contribution in [0.4, 0.5) is 0 Å². The molecule has 1 aliphatic rings. The first kappa shape index (κ1) is 23.0. The normalized spacial score (nSPS) is 18.7. The number of fused-ring (bicyclic) bond motifs is 1. The Morgan fingerprint density at radius 2 is 1.81 bits per heavy atom. The van der Waals surface area contributed by atoms with Crippen LogP contribution in [0, 0.1) is 5.92 Å². The lowest BCUT2D eigenvalue weighted by molar-refractivity contribution is -0.136. The van der Waals surface area contributed by atoms with E-state index in [1.165, 1.54) is 4.68 Å². The van der Waals surface area contributed by atoms with Crippen molar-refractivity contribution in [2.45, 2.75) is 71.4 Å². The number of hydrogen-bond donors (Lipinski definition) is 0. The van der Waals surface area contributed by atoms with Gasteiger partial charge in [-0.3, -0.25) is 9.59 Å². The molecule has 1 amide bonds. The second kappa shape index (κ2) is 10.6. The number of esters is 1. The van der Waals surface area contributed by atoms with Crippen LogP contribution in [-0.2, 0) is 16.1 Å². The third kappa shape index (κ3) is 5.51. The molecular weight excluding hydrogens is 394 g/mol. The van der Waals surface area contributed by atoms with E-state index >= 15 is 0 Å². The van der Waals surface area contributed by atoms with E-state index in [-0.39, 0.29) is 29.8 Å². The van der Waals surface area contributed by atoms with Gasteiger partial charge in [-0.1, -0.05) is 44.9 Å². The van der Waals surface area contributed by atoms with Gasteiger partial charge in [-0.15, -0.1) is 0 Å². The highest BCUT2D eigenvalue weighted by Gasteiger charge is 2.26. The highest BCUT2D eigenvalue weighted by molar-refractivity contribution is 6.02. The van der Waals surface area contributed by atoms with Crippen LogP contribution < -0.4 is 5.56 Å². The van der Waals surface area contributed by atoms with E-state index in [0.717, 1.165) is 44.9 Å². The zero-order valence-electron chi connectivity index (χ0n) is 18.8. The first-order chi connectivity index (χ1) is 14.9. The molecule has 1 aromatic heterocycles. The number of amides is 1. The van der Waals surface area contributed by atoms with Gasteiger partial charge in [-0.2, -0.15) is 5.10 Å².